The highest BCUT2D eigenvalue weighted by molar-refractivity contribution is 5.84. The number of alkyl halides is 3. The lowest BCUT2D eigenvalue weighted by Crippen LogP contribution is -2.46. The van der Waals surface area contributed by atoms with Crippen LogP contribution in [0.3, 0.4) is 0 Å². The molecule has 0 aromatic carbocycles. The quantitative estimate of drug-likeness (QED) is 0.495. The van der Waals surface area contributed by atoms with Gasteiger partial charge in [0.05, 0.1) is 30.5 Å². The zero-order valence-corrected chi connectivity index (χ0v) is 21.1. The van der Waals surface area contributed by atoms with E-state index in [4.69, 9.17) is 4.74 Å². The van der Waals surface area contributed by atoms with Gasteiger partial charge in [-0.3, -0.25) is 4.79 Å². The molecule has 1 fully saturated rings. The van der Waals surface area contributed by atoms with E-state index < -0.39 is 29.1 Å². The summed E-state index contributed by atoms with van der Waals surface area (Å²) in [6.45, 7) is 4.33. The highest BCUT2D eigenvalue weighted by Crippen LogP contribution is 2.39. The number of hydrogen-bond donors (Lipinski definition) is 1. The molecule has 3 aromatic rings. The number of aromatic nitrogens is 4. The molecule has 8 nitrogen and oxygen atoms in total. The van der Waals surface area contributed by atoms with E-state index in [1.54, 1.807) is 18.7 Å². The second-order valence-electron chi connectivity index (χ2n) is 9.80. The first-order chi connectivity index (χ1) is 18.0. The number of fused-ring (bicyclic) bond motifs is 1. The van der Waals surface area contributed by atoms with Crippen molar-refractivity contribution in [2.75, 3.05) is 25.5 Å². The molecule has 0 radical (unpaired) electrons. The number of likely N-dealkylation sites (tertiary alicyclic amines) is 1. The second-order valence-corrected chi connectivity index (χ2v) is 9.80. The van der Waals surface area contributed by atoms with E-state index in [0.29, 0.717) is 49.4 Å². The number of carbonyl (C=O) groups excluding carboxylic acids is 1. The predicted molar refractivity (Wildman–Crippen MR) is 130 cm³/mol. The lowest BCUT2D eigenvalue weighted by atomic mass is 9.86. The van der Waals surface area contributed by atoms with Crippen molar-refractivity contribution in [3.05, 3.63) is 59.1 Å². The van der Waals surface area contributed by atoms with E-state index >= 15 is 0 Å². The number of halogens is 4. The number of nitrogens with zero attached hydrogens (tertiary/aromatic N) is 5. The third-order valence-corrected chi connectivity index (χ3v) is 7.35. The van der Waals surface area contributed by atoms with Crippen molar-refractivity contribution in [2.45, 2.75) is 50.7 Å². The Labute approximate surface area is 216 Å². The standard InChI is InChI=1S/C26H26F4N6O2/c1-14(17-9-22(38-3)31-11-19(17)27)24(37)36-7-6-25(12-36)5-4-16-8-18(15(2)34-23(16)35-25)20-10-21(26(28,29)30)33-13-32-20/h8-11,13-14H,4-7,12H2,1-3H3,(H,34,35)/t14-,25+/m1/s1. The molecule has 3 aromatic heterocycles. The number of ether oxygens (including phenoxy) is 1. The first-order valence-electron chi connectivity index (χ1n) is 12.2. The van der Waals surface area contributed by atoms with Crippen LogP contribution in [0.4, 0.5) is 23.4 Å². The molecular weight excluding hydrogens is 504 g/mol. The molecule has 1 saturated heterocycles. The first-order valence-corrected chi connectivity index (χ1v) is 12.2. The molecule has 0 unspecified atom stereocenters. The van der Waals surface area contributed by atoms with Gasteiger partial charge in [0.2, 0.25) is 11.8 Å². The molecule has 200 valence electrons. The molecule has 0 aliphatic carbocycles. The van der Waals surface area contributed by atoms with Gasteiger partial charge >= 0.3 is 6.18 Å². The number of nitrogens with one attached hydrogen (secondary N) is 1. The van der Waals surface area contributed by atoms with Crippen LogP contribution in [-0.4, -0.2) is 56.5 Å². The van der Waals surface area contributed by atoms with Gasteiger partial charge in [0.15, 0.2) is 0 Å². The summed E-state index contributed by atoms with van der Waals surface area (Å²) in [4.78, 5) is 30.9. The number of pyridine rings is 2. The van der Waals surface area contributed by atoms with E-state index in [1.807, 2.05) is 6.07 Å². The number of methoxy groups -OCH3 is 1. The summed E-state index contributed by atoms with van der Waals surface area (Å²) in [6, 6.07) is 4.19. The van der Waals surface area contributed by atoms with Gasteiger partial charge in [0.1, 0.15) is 23.7 Å². The number of carbonyl (C=O) groups is 1. The molecule has 12 heteroatoms. The Morgan fingerprint density at radius 2 is 1.97 bits per heavy atom. The van der Waals surface area contributed by atoms with Gasteiger partial charge in [0, 0.05) is 36.0 Å². The monoisotopic (exact) mass is 530 g/mol. The lowest BCUT2D eigenvalue weighted by molar-refractivity contribution is -0.141. The highest BCUT2D eigenvalue weighted by atomic mass is 19.4. The number of hydrogen-bond acceptors (Lipinski definition) is 7. The first kappa shape index (κ1) is 25.8. The predicted octanol–water partition coefficient (Wildman–Crippen LogP) is 4.54. The fourth-order valence-electron chi connectivity index (χ4n) is 5.20. The summed E-state index contributed by atoms with van der Waals surface area (Å²) in [5.41, 5.74) is 0.901. The van der Waals surface area contributed by atoms with Crippen molar-refractivity contribution in [3.63, 3.8) is 0 Å². The van der Waals surface area contributed by atoms with Crippen molar-refractivity contribution in [1.29, 1.82) is 0 Å². The summed E-state index contributed by atoms with van der Waals surface area (Å²) in [6.07, 6.45) is -0.582. The maximum absolute atomic E-state index is 14.4. The molecule has 5 heterocycles. The van der Waals surface area contributed by atoms with Crippen LogP contribution in [0.2, 0.25) is 0 Å². The molecule has 0 saturated carbocycles. The molecule has 0 bridgehead atoms. The maximum atomic E-state index is 14.4. The zero-order chi connectivity index (χ0) is 27.2. The van der Waals surface area contributed by atoms with Crippen LogP contribution in [0.5, 0.6) is 5.88 Å². The highest BCUT2D eigenvalue weighted by Gasteiger charge is 2.43. The molecule has 1 amide bonds. The minimum absolute atomic E-state index is 0.159. The third-order valence-electron chi connectivity index (χ3n) is 7.35. The van der Waals surface area contributed by atoms with Gasteiger partial charge in [-0.2, -0.15) is 13.2 Å². The van der Waals surface area contributed by atoms with Gasteiger partial charge in [0.25, 0.3) is 0 Å². The van der Waals surface area contributed by atoms with Gasteiger partial charge in [-0.05, 0) is 50.8 Å². The van der Waals surface area contributed by atoms with Crippen LogP contribution >= 0.6 is 0 Å². The Kier molecular flexibility index (Phi) is 6.44. The Balaban J connectivity index is 1.34. The molecule has 1 spiro atoms. The fraction of sp³-hybridized carbons (Fsp3) is 0.423. The van der Waals surface area contributed by atoms with E-state index in [1.165, 1.54) is 13.2 Å². The molecule has 2 atom stereocenters. The number of rotatable bonds is 4. The molecule has 2 aliphatic rings. The number of aryl methyl sites for hydroxylation is 2. The average Bonchev–Trinajstić information content (AvgIpc) is 3.30. The average molecular weight is 531 g/mol. The lowest BCUT2D eigenvalue weighted by Gasteiger charge is -2.36. The number of anilines is 1. The molecule has 1 N–H and O–H groups in total. The Bertz CT molecular complexity index is 1400. The van der Waals surface area contributed by atoms with Gasteiger partial charge in [-0.1, -0.05) is 0 Å². The zero-order valence-electron chi connectivity index (χ0n) is 21.1. The SMILES string of the molecule is COc1cc([C@@H](C)C(=O)N2CC[C@@]3(CCc4cc(-c5cc(C(F)(F)F)ncn5)c(C)nc4N3)C2)c(F)cn1. The van der Waals surface area contributed by atoms with Gasteiger partial charge < -0.3 is 15.0 Å². The summed E-state index contributed by atoms with van der Waals surface area (Å²) in [5.74, 6) is -0.579. The van der Waals surface area contributed by atoms with Crippen molar-refractivity contribution in [3.8, 4) is 17.1 Å². The van der Waals surface area contributed by atoms with Crippen LogP contribution in [0.1, 0.15) is 48.2 Å². The van der Waals surface area contributed by atoms with Gasteiger partial charge in [-0.15, -0.1) is 0 Å². The topological polar surface area (TPSA) is 93.1 Å². The third kappa shape index (κ3) is 4.74. The molecule has 2 aliphatic heterocycles. The van der Waals surface area contributed by atoms with Crippen LogP contribution in [-0.2, 0) is 17.4 Å². The summed E-state index contributed by atoms with van der Waals surface area (Å²) in [7, 11) is 1.43. The largest absolute Gasteiger partial charge is 0.481 e. The Morgan fingerprint density at radius 1 is 1.18 bits per heavy atom. The minimum atomic E-state index is -4.57. The van der Waals surface area contributed by atoms with Crippen molar-refractivity contribution < 1.29 is 27.1 Å². The fourth-order valence-corrected chi connectivity index (χ4v) is 5.20. The van der Waals surface area contributed by atoms with E-state index in [2.05, 4.69) is 25.3 Å². The smallest absolute Gasteiger partial charge is 0.433 e. The Hall–Kier alpha value is -3.83. The van der Waals surface area contributed by atoms with E-state index in [0.717, 1.165) is 24.2 Å². The minimum Gasteiger partial charge on any atom is -0.481 e. The van der Waals surface area contributed by atoms with Crippen molar-refractivity contribution >= 4 is 11.7 Å². The normalized spacial score (nSPS) is 19.7. The summed E-state index contributed by atoms with van der Waals surface area (Å²) < 4.78 is 58.9. The summed E-state index contributed by atoms with van der Waals surface area (Å²) >= 11 is 0. The van der Waals surface area contributed by atoms with Gasteiger partial charge in [-0.25, -0.2) is 24.3 Å². The summed E-state index contributed by atoms with van der Waals surface area (Å²) in [5, 5.41) is 3.50. The molecular formula is C26H26F4N6O2. The van der Waals surface area contributed by atoms with Crippen LogP contribution in [0, 0.1) is 12.7 Å². The second kappa shape index (κ2) is 9.48. The number of amides is 1. The van der Waals surface area contributed by atoms with Crippen LogP contribution in [0.25, 0.3) is 11.3 Å². The van der Waals surface area contributed by atoms with E-state index in [-0.39, 0.29) is 23.0 Å². The molecule has 5 rings (SSSR count). The van der Waals surface area contributed by atoms with Crippen LogP contribution < -0.4 is 10.1 Å². The maximum Gasteiger partial charge on any atom is 0.433 e. The van der Waals surface area contributed by atoms with Crippen molar-refractivity contribution in [1.82, 2.24) is 24.8 Å². The Morgan fingerprint density at radius 3 is 2.71 bits per heavy atom. The van der Waals surface area contributed by atoms with E-state index in [9.17, 15) is 22.4 Å². The van der Waals surface area contributed by atoms with Crippen molar-refractivity contribution in [2.24, 2.45) is 0 Å². The molecule has 38 heavy (non-hydrogen) atoms. The van der Waals surface area contributed by atoms with Crippen LogP contribution in [0.15, 0.2) is 30.7 Å².